The largest absolute Gasteiger partial charge is 0.465 e. The first kappa shape index (κ1) is 24.3. The zero-order chi connectivity index (χ0) is 25.3. The molecule has 35 heavy (non-hydrogen) atoms. The van der Waals surface area contributed by atoms with Crippen LogP contribution in [-0.4, -0.2) is 36.1 Å². The number of hydrogen-bond donors (Lipinski definition) is 1. The third kappa shape index (κ3) is 4.49. The van der Waals surface area contributed by atoms with Crippen molar-refractivity contribution in [1.82, 2.24) is 4.57 Å². The summed E-state index contributed by atoms with van der Waals surface area (Å²) < 4.78 is 11.5. The molecule has 1 aliphatic heterocycles. The normalized spacial score (nSPS) is 15.7. The van der Waals surface area contributed by atoms with Gasteiger partial charge in [-0.1, -0.05) is 71.4 Å². The first-order chi connectivity index (χ1) is 16.8. The van der Waals surface area contributed by atoms with Crippen molar-refractivity contribution in [3.05, 3.63) is 87.0 Å². The summed E-state index contributed by atoms with van der Waals surface area (Å²) in [4.78, 5) is 40.0. The molecule has 0 aliphatic carbocycles. The fraction of sp³-hybridized carbons (Fsp3) is 0.222. The molecule has 180 valence electrons. The molecule has 1 atom stereocenters. The number of nitrogens with two attached hydrogens (primary N) is 1. The van der Waals surface area contributed by atoms with Crippen LogP contribution in [0, 0.1) is 13.8 Å². The molecular weight excluding hydrogens is 464 g/mol. The molecule has 2 aromatic carbocycles. The number of hydrogen-bond acceptors (Lipinski definition) is 7. The minimum atomic E-state index is -0.774. The quantitative estimate of drug-likeness (QED) is 0.549. The fourth-order valence-electron chi connectivity index (χ4n) is 3.96. The van der Waals surface area contributed by atoms with Gasteiger partial charge in [-0.2, -0.15) is 0 Å². The van der Waals surface area contributed by atoms with E-state index in [-0.39, 0.29) is 34.1 Å². The van der Waals surface area contributed by atoms with Crippen LogP contribution in [0.5, 0.6) is 0 Å². The average molecular weight is 491 g/mol. The van der Waals surface area contributed by atoms with Crippen LogP contribution in [0.1, 0.15) is 49.7 Å². The molecule has 0 spiro atoms. The highest BCUT2D eigenvalue weighted by molar-refractivity contribution is 8.10. The maximum absolute atomic E-state index is 13.9. The Kier molecular flexibility index (Phi) is 6.84. The van der Waals surface area contributed by atoms with E-state index in [9.17, 15) is 14.4 Å². The molecule has 0 radical (unpaired) electrons. The monoisotopic (exact) mass is 490 g/mol. The number of nitrogens with zero attached hydrogens (tertiary/aromatic N) is 1. The van der Waals surface area contributed by atoms with Crippen molar-refractivity contribution in [3.8, 4) is 0 Å². The highest BCUT2D eigenvalue weighted by Gasteiger charge is 2.38. The van der Waals surface area contributed by atoms with E-state index < -0.39 is 17.2 Å². The maximum atomic E-state index is 13.9. The van der Waals surface area contributed by atoms with Crippen molar-refractivity contribution in [2.24, 2.45) is 0 Å². The summed E-state index contributed by atoms with van der Waals surface area (Å²) in [6.45, 7) is 5.70. The summed E-state index contributed by atoms with van der Waals surface area (Å²) in [5.74, 6) is -1.74. The summed E-state index contributed by atoms with van der Waals surface area (Å²) in [7, 11) is 1.28. The lowest BCUT2D eigenvalue weighted by Crippen LogP contribution is -2.42. The van der Waals surface area contributed by atoms with Gasteiger partial charge in [0.2, 0.25) is 5.91 Å². The third-order valence-electron chi connectivity index (χ3n) is 5.75. The Labute approximate surface area is 207 Å². The Balaban J connectivity index is 2.08. The number of methoxy groups -OCH3 is 1. The molecule has 7 nitrogen and oxygen atoms in total. The van der Waals surface area contributed by atoms with E-state index in [1.54, 1.807) is 13.0 Å². The topological polar surface area (TPSA) is 101 Å². The number of thioether (sulfide) groups is 1. The summed E-state index contributed by atoms with van der Waals surface area (Å²) in [6, 6.07) is 15.1. The Morgan fingerprint density at radius 1 is 1.03 bits per heavy atom. The Morgan fingerprint density at radius 2 is 1.63 bits per heavy atom. The second-order valence-electron chi connectivity index (χ2n) is 8.20. The first-order valence-electron chi connectivity index (χ1n) is 11.1. The van der Waals surface area contributed by atoms with Crippen molar-refractivity contribution in [3.63, 3.8) is 0 Å². The molecule has 2 N–H and O–H groups in total. The van der Waals surface area contributed by atoms with Crippen molar-refractivity contribution in [1.29, 1.82) is 0 Å². The molecule has 1 aromatic heterocycles. The number of carbonyl (C=O) groups is 3. The lowest BCUT2D eigenvalue weighted by atomic mass is 10.1. The van der Waals surface area contributed by atoms with E-state index in [1.165, 1.54) is 11.7 Å². The Bertz CT molecular complexity index is 1440. The molecule has 1 unspecified atom stereocenters. The van der Waals surface area contributed by atoms with Crippen molar-refractivity contribution < 1.29 is 23.9 Å². The average Bonchev–Trinajstić information content (AvgIpc) is 3.13. The molecule has 0 saturated heterocycles. The van der Waals surface area contributed by atoms with Gasteiger partial charge >= 0.3 is 11.9 Å². The molecular formula is C27H26N2O5S. The third-order valence-corrected chi connectivity index (χ3v) is 7.06. The van der Waals surface area contributed by atoms with Crippen LogP contribution in [0.2, 0.25) is 0 Å². The van der Waals surface area contributed by atoms with E-state index in [0.717, 1.165) is 28.5 Å². The Morgan fingerprint density at radius 3 is 2.20 bits per heavy atom. The number of rotatable bonds is 5. The first-order valence-corrected chi connectivity index (χ1v) is 12.0. The van der Waals surface area contributed by atoms with Crippen LogP contribution in [0.15, 0.2) is 48.5 Å². The van der Waals surface area contributed by atoms with Gasteiger partial charge in [-0.05, 0) is 38.0 Å². The van der Waals surface area contributed by atoms with Gasteiger partial charge < -0.3 is 15.2 Å². The summed E-state index contributed by atoms with van der Waals surface area (Å²) in [5.41, 5.74) is 10.1. The summed E-state index contributed by atoms with van der Waals surface area (Å²) in [6.07, 6.45) is 1.76. The van der Waals surface area contributed by atoms with Crippen LogP contribution >= 0.6 is 11.8 Å². The highest BCUT2D eigenvalue weighted by atomic mass is 32.2. The van der Waals surface area contributed by atoms with Gasteiger partial charge in [-0.15, -0.1) is 0 Å². The van der Waals surface area contributed by atoms with Gasteiger partial charge in [-0.3, -0.25) is 9.36 Å². The van der Waals surface area contributed by atoms with Crippen LogP contribution in [0.25, 0.3) is 11.0 Å². The van der Waals surface area contributed by atoms with Gasteiger partial charge in [0.1, 0.15) is 10.2 Å². The zero-order valence-corrected chi connectivity index (χ0v) is 20.8. The molecule has 2 heterocycles. The van der Waals surface area contributed by atoms with E-state index in [2.05, 4.69) is 0 Å². The number of aromatic nitrogens is 1. The fourth-order valence-corrected chi connectivity index (χ4v) is 5.19. The van der Waals surface area contributed by atoms with Crippen molar-refractivity contribution in [2.75, 3.05) is 19.5 Å². The van der Waals surface area contributed by atoms with Crippen LogP contribution in [0.3, 0.4) is 0 Å². The molecule has 1 aliphatic rings. The number of anilines is 1. The molecule has 0 bridgehead atoms. The van der Waals surface area contributed by atoms with Crippen molar-refractivity contribution >= 4 is 46.3 Å². The minimum Gasteiger partial charge on any atom is -0.465 e. The van der Waals surface area contributed by atoms with Gasteiger partial charge in [0.25, 0.3) is 0 Å². The number of benzene rings is 2. The second kappa shape index (κ2) is 9.84. The lowest BCUT2D eigenvalue weighted by Gasteiger charge is -2.23. The summed E-state index contributed by atoms with van der Waals surface area (Å²) >= 11 is 1.09. The minimum absolute atomic E-state index is 0.0685. The maximum Gasteiger partial charge on any atom is 0.357 e. The van der Waals surface area contributed by atoms with Crippen LogP contribution in [0.4, 0.5) is 5.69 Å². The number of aryl methyl sites for hydroxylation is 2. The number of fused-ring (bicyclic) bond motifs is 1. The van der Waals surface area contributed by atoms with Crippen LogP contribution < -0.4 is 16.3 Å². The van der Waals surface area contributed by atoms with Crippen LogP contribution in [-0.2, 0) is 14.3 Å². The molecule has 0 saturated carbocycles. The molecule has 0 fully saturated rings. The molecule has 8 heteroatoms. The van der Waals surface area contributed by atoms with E-state index in [1.807, 2.05) is 62.4 Å². The number of ether oxygens (including phenoxy) is 2. The Hall–Kier alpha value is -3.78. The standard InChI is InChI=1S/C27H26N2O5S/c1-5-34-26(31)22-20(28)19(14-17-10-6-15(2)7-11-17)21-24(27(32)33-4)35-23(25(30)29(21)22)18-12-8-16(3)9-13-18/h6-14,23H,5,28H2,1-4H3/b19-14+. The van der Waals surface area contributed by atoms with Crippen molar-refractivity contribution in [2.45, 2.75) is 26.0 Å². The molecule has 0 amide bonds. The predicted octanol–water partition coefficient (Wildman–Crippen LogP) is 3.10. The molecule has 3 aromatic rings. The second-order valence-corrected chi connectivity index (χ2v) is 9.32. The number of carbonyl (C=O) groups excluding carboxylic acids is 3. The smallest absolute Gasteiger partial charge is 0.357 e. The number of esters is 2. The summed E-state index contributed by atoms with van der Waals surface area (Å²) in [5, 5.41) is -0.152. The lowest BCUT2D eigenvalue weighted by molar-refractivity contribution is -0.133. The predicted molar refractivity (Wildman–Crippen MR) is 136 cm³/mol. The van der Waals surface area contributed by atoms with Gasteiger partial charge in [0.05, 0.1) is 24.8 Å². The molecule has 4 rings (SSSR count). The van der Waals surface area contributed by atoms with Gasteiger partial charge in [0.15, 0.2) is 5.69 Å². The van der Waals surface area contributed by atoms with Gasteiger partial charge in [-0.25, -0.2) is 9.59 Å². The number of nitrogen functional groups attached to an aromatic ring is 1. The van der Waals surface area contributed by atoms with E-state index in [4.69, 9.17) is 15.2 Å². The van der Waals surface area contributed by atoms with E-state index in [0.29, 0.717) is 10.8 Å². The van der Waals surface area contributed by atoms with Gasteiger partial charge in [0, 0.05) is 5.22 Å². The van der Waals surface area contributed by atoms with E-state index >= 15 is 0 Å². The highest BCUT2D eigenvalue weighted by Crippen LogP contribution is 2.39. The zero-order valence-electron chi connectivity index (χ0n) is 20.0. The SMILES string of the molecule is CCOC(=O)c1c(N)/c(=C\c2ccc(C)cc2)c2n1C(=O)C(c1ccc(C)cc1)SC=2C(=O)OC.